The molecule has 19 heavy (non-hydrogen) atoms. The molecule has 6 nitrogen and oxygen atoms in total. The second-order valence-corrected chi connectivity index (χ2v) is 4.56. The van der Waals surface area contributed by atoms with Crippen LogP contribution in [0.2, 0.25) is 0 Å². The van der Waals surface area contributed by atoms with Gasteiger partial charge in [0.25, 0.3) is 0 Å². The average molecular weight is 263 g/mol. The van der Waals surface area contributed by atoms with Crippen LogP contribution in [-0.4, -0.2) is 24.1 Å². The molecule has 1 aliphatic rings. The zero-order valence-electron chi connectivity index (χ0n) is 10.9. The molecule has 1 aliphatic heterocycles. The Morgan fingerprint density at radius 2 is 2.32 bits per heavy atom. The Labute approximate surface area is 111 Å². The molecule has 102 valence electrons. The van der Waals surface area contributed by atoms with Gasteiger partial charge in [0.15, 0.2) is 0 Å². The number of oxazole rings is 1. The molecule has 1 amide bonds. The quantitative estimate of drug-likeness (QED) is 0.881. The molecular formula is C13H17N3O3. The minimum Gasteiger partial charge on any atom is -0.444 e. The van der Waals surface area contributed by atoms with Gasteiger partial charge < -0.3 is 14.5 Å². The zero-order valence-corrected chi connectivity index (χ0v) is 10.9. The molecule has 1 fully saturated rings. The molecule has 6 heteroatoms. The molecule has 1 aromatic rings. The summed E-state index contributed by atoms with van der Waals surface area (Å²) in [5.74, 6) is 0.977. The van der Waals surface area contributed by atoms with Crippen molar-refractivity contribution < 1.29 is 13.9 Å². The fourth-order valence-corrected chi connectivity index (χ4v) is 2.03. The van der Waals surface area contributed by atoms with E-state index in [0.29, 0.717) is 31.9 Å². The maximum Gasteiger partial charge on any atom is 0.241 e. The Morgan fingerprint density at radius 1 is 1.58 bits per heavy atom. The molecule has 2 heterocycles. The van der Waals surface area contributed by atoms with Crippen LogP contribution in [0, 0.1) is 16.7 Å². The summed E-state index contributed by atoms with van der Waals surface area (Å²) in [6, 6.07) is 2.13. The van der Waals surface area contributed by atoms with Gasteiger partial charge in [0.05, 0.1) is 18.8 Å². The number of aromatic nitrogens is 1. The average Bonchev–Trinajstić information content (AvgIpc) is 2.93. The van der Waals surface area contributed by atoms with Gasteiger partial charge in [-0.05, 0) is 12.8 Å². The monoisotopic (exact) mass is 263 g/mol. The van der Waals surface area contributed by atoms with Crippen LogP contribution >= 0.6 is 0 Å². The summed E-state index contributed by atoms with van der Waals surface area (Å²) < 4.78 is 10.6. The van der Waals surface area contributed by atoms with E-state index < -0.39 is 5.41 Å². The standard InChI is InChI=1S/C13H17N3O3/c1-2-10-7-15-11(19-10)8-16-12(17)13(9-14)3-5-18-6-4-13/h7H,2-6,8H2,1H3,(H,16,17). The van der Waals surface area contributed by atoms with Crippen LogP contribution in [0.4, 0.5) is 0 Å². The van der Waals surface area contributed by atoms with Crippen molar-refractivity contribution in [2.45, 2.75) is 32.7 Å². The molecule has 1 aromatic heterocycles. The van der Waals surface area contributed by atoms with Crippen molar-refractivity contribution in [3.05, 3.63) is 17.8 Å². The summed E-state index contributed by atoms with van der Waals surface area (Å²) in [4.78, 5) is 16.2. The number of nitriles is 1. The highest BCUT2D eigenvalue weighted by molar-refractivity contribution is 5.85. The maximum absolute atomic E-state index is 12.1. The first-order chi connectivity index (χ1) is 9.20. The highest BCUT2D eigenvalue weighted by Gasteiger charge is 2.40. The van der Waals surface area contributed by atoms with Crippen LogP contribution in [0.5, 0.6) is 0 Å². The maximum atomic E-state index is 12.1. The van der Waals surface area contributed by atoms with Gasteiger partial charge in [0, 0.05) is 19.6 Å². The smallest absolute Gasteiger partial charge is 0.241 e. The van der Waals surface area contributed by atoms with Crippen molar-refractivity contribution in [2.75, 3.05) is 13.2 Å². The van der Waals surface area contributed by atoms with E-state index in [0.717, 1.165) is 12.2 Å². The molecule has 1 N–H and O–H groups in total. The summed E-state index contributed by atoms with van der Waals surface area (Å²) in [5.41, 5.74) is -0.974. The van der Waals surface area contributed by atoms with Gasteiger partial charge in [-0.3, -0.25) is 4.79 Å². The first kappa shape index (κ1) is 13.6. The predicted molar refractivity (Wildman–Crippen MR) is 65.8 cm³/mol. The third kappa shape index (κ3) is 2.93. The first-order valence-corrected chi connectivity index (χ1v) is 6.41. The largest absolute Gasteiger partial charge is 0.444 e. The Kier molecular flexibility index (Phi) is 4.17. The van der Waals surface area contributed by atoms with Crippen molar-refractivity contribution in [3.8, 4) is 6.07 Å². The minimum atomic E-state index is -0.974. The van der Waals surface area contributed by atoms with E-state index in [1.54, 1.807) is 6.20 Å². The Bertz CT molecular complexity index is 484. The summed E-state index contributed by atoms with van der Waals surface area (Å²) in [6.45, 7) is 3.07. The van der Waals surface area contributed by atoms with Crippen molar-refractivity contribution in [2.24, 2.45) is 5.41 Å². The van der Waals surface area contributed by atoms with E-state index in [-0.39, 0.29) is 12.5 Å². The summed E-state index contributed by atoms with van der Waals surface area (Å²) in [7, 11) is 0. The topological polar surface area (TPSA) is 88.2 Å². The van der Waals surface area contributed by atoms with Crippen molar-refractivity contribution in [3.63, 3.8) is 0 Å². The lowest BCUT2D eigenvalue weighted by Crippen LogP contribution is -2.43. The lowest BCUT2D eigenvalue weighted by atomic mass is 9.81. The van der Waals surface area contributed by atoms with E-state index >= 15 is 0 Å². The Morgan fingerprint density at radius 3 is 2.89 bits per heavy atom. The number of carbonyl (C=O) groups is 1. The van der Waals surface area contributed by atoms with Crippen molar-refractivity contribution in [1.82, 2.24) is 10.3 Å². The molecule has 0 unspecified atom stereocenters. The van der Waals surface area contributed by atoms with Crippen LogP contribution in [0.1, 0.15) is 31.4 Å². The Balaban J connectivity index is 1.94. The number of rotatable bonds is 4. The molecule has 2 rings (SSSR count). The summed E-state index contributed by atoms with van der Waals surface area (Å²) in [5, 5.41) is 12.0. The number of carbonyl (C=O) groups excluding carboxylic acids is 1. The molecule has 0 spiro atoms. The number of hydrogen-bond acceptors (Lipinski definition) is 5. The van der Waals surface area contributed by atoms with Gasteiger partial charge in [-0.15, -0.1) is 0 Å². The molecule has 0 radical (unpaired) electrons. The number of amides is 1. The van der Waals surface area contributed by atoms with Crippen molar-refractivity contribution in [1.29, 1.82) is 5.26 Å². The predicted octanol–water partition coefficient (Wildman–Crippen LogP) is 1.17. The van der Waals surface area contributed by atoms with E-state index in [2.05, 4.69) is 16.4 Å². The molecule has 0 aliphatic carbocycles. The van der Waals surface area contributed by atoms with E-state index in [9.17, 15) is 10.1 Å². The summed E-state index contributed by atoms with van der Waals surface area (Å²) in [6.07, 6.45) is 3.28. The second kappa shape index (κ2) is 5.85. The lowest BCUT2D eigenvalue weighted by Gasteiger charge is -2.28. The fourth-order valence-electron chi connectivity index (χ4n) is 2.03. The third-order valence-electron chi connectivity index (χ3n) is 3.35. The van der Waals surface area contributed by atoms with Gasteiger partial charge >= 0.3 is 0 Å². The molecule has 0 saturated carbocycles. The molecule has 0 aromatic carbocycles. The summed E-state index contributed by atoms with van der Waals surface area (Å²) >= 11 is 0. The fraction of sp³-hybridized carbons (Fsp3) is 0.615. The second-order valence-electron chi connectivity index (χ2n) is 4.56. The lowest BCUT2D eigenvalue weighted by molar-refractivity contribution is -0.132. The Hall–Kier alpha value is -1.87. The number of nitrogens with one attached hydrogen (secondary N) is 1. The highest BCUT2D eigenvalue weighted by atomic mass is 16.5. The molecule has 0 bridgehead atoms. The number of ether oxygens (including phenoxy) is 1. The van der Waals surface area contributed by atoms with E-state index in [1.165, 1.54) is 0 Å². The molecular weight excluding hydrogens is 246 g/mol. The molecule has 1 saturated heterocycles. The van der Waals surface area contributed by atoms with E-state index in [4.69, 9.17) is 9.15 Å². The van der Waals surface area contributed by atoms with E-state index in [1.807, 2.05) is 6.92 Å². The van der Waals surface area contributed by atoms with Crippen molar-refractivity contribution >= 4 is 5.91 Å². The SMILES string of the molecule is CCc1cnc(CNC(=O)C2(C#N)CCOCC2)o1. The van der Waals surface area contributed by atoms with Gasteiger partial charge in [0.2, 0.25) is 11.8 Å². The van der Waals surface area contributed by atoms with Gasteiger partial charge in [0.1, 0.15) is 11.2 Å². The van der Waals surface area contributed by atoms with Crippen LogP contribution in [0.3, 0.4) is 0 Å². The first-order valence-electron chi connectivity index (χ1n) is 6.41. The van der Waals surface area contributed by atoms with Crippen LogP contribution in [0.25, 0.3) is 0 Å². The minimum absolute atomic E-state index is 0.211. The van der Waals surface area contributed by atoms with Crippen LogP contribution < -0.4 is 5.32 Å². The van der Waals surface area contributed by atoms with Gasteiger partial charge in [-0.2, -0.15) is 5.26 Å². The normalized spacial score (nSPS) is 17.7. The van der Waals surface area contributed by atoms with Crippen LogP contribution in [0.15, 0.2) is 10.6 Å². The number of nitrogens with zero attached hydrogens (tertiary/aromatic N) is 2. The zero-order chi connectivity index (χ0) is 13.7. The van der Waals surface area contributed by atoms with Gasteiger partial charge in [-0.1, -0.05) is 6.92 Å². The third-order valence-corrected chi connectivity index (χ3v) is 3.35. The number of aryl methyl sites for hydroxylation is 1. The van der Waals surface area contributed by atoms with Crippen LogP contribution in [-0.2, 0) is 22.5 Å². The number of hydrogen-bond donors (Lipinski definition) is 1. The highest BCUT2D eigenvalue weighted by Crippen LogP contribution is 2.29. The van der Waals surface area contributed by atoms with Gasteiger partial charge in [-0.25, -0.2) is 4.98 Å². The molecule has 0 atom stereocenters.